The minimum Gasteiger partial charge on any atom is -0.496 e. The van der Waals surface area contributed by atoms with Gasteiger partial charge in [0.2, 0.25) is 0 Å². The first-order valence-electron chi connectivity index (χ1n) is 8.66. The third-order valence-electron chi connectivity index (χ3n) is 4.17. The van der Waals surface area contributed by atoms with Crippen LogP contribution >= 0.6 is 11.3 Å². The number of esters is 1. The molecule has 0 aliphatic heterocycles. The second kappa shape index (κ2) is 9.29. The number of carbonyl (C=O) groups is 1. The molecular weight excluding hydrogens is 394 g/mol. The van der Waals surface area contributed by atoms with Crippen molar-refractivity contribution in [1.82, 2.24) is 4.98 Å². The lowest BCUT2D eigenvalue weighted by molar-refractivity contribution is 0.0464. The Balaban J connectivity index is 1.76. The van der Waals surface area contributed by atoms with Crippen molar-refractivity contribution in [3.05, 3.63) is 53.0 Å². The van der Waals surface area contributed by atoms with E-state index >= 15 is 0 Å². The van der Waals surface area contributed by atoms with Crippen LogP contribution in [0.5, 0.6) is 23.0 Å². The predicted octanol–water partition coefficient (Wildman–Crippen LogP) is 4.20. The summed E-state index contributed by atoms with van der Waals surface area (Å²) in [6.07, 6.45) is 0. The monoisotopic (exact) mass is 415 g/mol. The lowest BCUT2D eigenvalue weighted by Gasteiger charge is -2.13. The van der Waals surface area contributed by atoms with Gasteiger partial charge in [-0.1, -0.05) is 12.1 Å². The molecule has 8 heteroatoms. The lowest BCUT2D eigenvalue weighted by atomic mass is 10.1. The summed E-state index contributed by atoms with van der Waals surface area (Å²) < 4.78 is 26.6. The molecule has 3 aromatic rings. The van der Waals surface area contributed by atoms with E-state index in [1.165, 1.54) is 38.7 Å². The molecule has 0 bridgehead atoms. The maximum atomic E-state index is 12.6. The van der Waals surface area contributed by atoms with Gasteiger partial charge in [0.25, 0.3) is 0 Å². The second-order valence-corrected chi connectivity index (χ2v) is 6.69. The first-order chi connectivity index (χ1) is 14.1. The van der Waals surface area contributed by atoms with Gasteiger partial charge in [-0.15, -0.1) is 11.3 Å². The van der Waals surface area contributed by atoms with Crippen molar-refractivity contribution < 1.29 is 28.5 Å². The van der Waals surface area contributed by atoms with Crippen LogP contribution in [-0.4, -0.2) is 39.4 Å². The number of thiazole rings is 1. The summed E-state index contributed by atoms with van der Waals surface area (Å²) >= 11 is 1.45. The largest absolute Gasteiger partial charge is 0.496 e. The van der Waals surface area contributed by atoms with Gasteiger partial charge >= 0.3 is 5.97 Å². The zero-order valence-corrected chi connectivity index (χ0v) is 17.4. The first kappa shape index (κ1) is 20.5. The van der Waals surface area contributed by atoms with Gasteiger partial charge in [0, 0.05) is 17.5 Å². The molecule has 0 saturated heterocycles. The van der Waals surface area contributed by atoms with Gasteiger partial charge in [-0.05, 0) is 12.1 Å². The number of methoxy groups -OCH3 is 4. The average molecular weight is 415 g/mol. The highest BCUT2D eigenvalue weighted by Crippen LogP contribution is 2.35. The first-order valence-corrected chi connectivity index (χ1v) is 9.54. The standard InChI is InChI=1S/C21H21NO6S/c1-24-16-8-6-5-7-14(16)20-22-13(12-29-20)11-28-21(23)15-9-18(26-3)19(27-4)10-17(15)25-2/h5-10,12H,11H2,1-4H3. The summed E-state index contributed by atoms with van der Waals surface area (Å²) in [5, 5.41) is 2.64. The molecule has 0 amide bonds. The van der Waals surface area contributed by atoms with Crippen molar-refractivity contribution in [3.63, 3.8) is 0 Å². The molecule has 0 aliphatic rings. The van der Waals surface area contributed by atoms with Gasteiger partial charge in [0.15, 0.2) is 11.5 Å². The van der Waals surface area contributed by atoms with Crippen LogP contribution in [0.4, 0.5) is 0 Å². The van der Waals surface area contributed by atoms with Gasteiger partial charge in [0.1, 0.15) is 28.7 Å². The van der Waals surface area contributed by atoms with Crippen molar-refractivity contribution in [2.24, 2.45) is 0 Å². The fraction of sp³-hybridized carbons (Fsp3) is 0.238. The molecule has 3 rings (SSSR count). The number of para-hydroxylation sites is 1. The Morgan fingerprint density at radius 1 is 0.897 bits per heavy atom. The number of hydrogen-bond donors (Lipinski definition) is 0. The average Bonchev–Trinajstić information content (AvgIpc) is 3.25. The number of rotatable bonds is 8. The smallest absolute Gasteiger partial charge is 0.342 e. The van der Waals surface area contributed by atoms with E-state index in [1.54, 1.807) is 13.2 Å². The van der Waals surface area contributed by atoms with Crippen molar-refractivity contribution in [1.29, 1.82) is 0 Å². The Kier molecular flexibility index (Phi) is 6.56. The van der Waals surface area contributed by atoms with Gasteiger partial charge in [-0.2, -0.15) is 0 Å². The fourth-order valence-corrected chi connectivity index (χ4v) is 3.56. The van der Waals surface area contributed by atoms with Crippen LogP contribution in [0.15, 0.2) is 41.8 Å². The highest BCUT2D eigenvalue weighted by molar-refractivity contribution is 7.13. The van der Waals surface area contributed by atoms with E-state index in [2.05, 4.69) is 4.98 Å². The maximum Gasteiger partial charge on any atom is 0.342 e. The molecule has 0 N–H and O–H groups in total. The van der Waals surface area contributed by atoms with Gasteiger partial charge in [0.05, 0.1) is 39.7 Å². The number of ether oxygens (including phenoxy) is 5. The normalized spacial score (nSPS) is 10.3. The van der Waals surface area contributed by atoms with E-state index < -0.39 is 5.97 Å². The molecule has 0 saturated carbocycles. The maximum absolute atomic E-state index is 12.6. The van der Waals surface area contributed by atoms with Crippen LogP contribution in [0.1, 0.15) is 16.1 Å². The Labute approximate surface area is 172 Å². The van der Waals surface area contributed by atoms with Crippen LogP contribution in [-0.2, 0) is 11.3 Å². The molecule has 152 valence electrons. The summed E-state index contributed by atoms with van der Waals surface area (Å²) in [5.41, 5.74) is 1.77. The molecule has 0 fully saturated rings. The summed E-state index contributed by atoms with van der Waals surface area (Å²) in [5.74, 6) is 1.39. The molecule has 1 aromatic heterocycles. The highest BCUT2D eigenvalue weighted by Gasteiger charge is 2.19. The fourth-order valence-electron chi connectivity index (χ4n) is 2.72. The molecule has 0 spiro atoms. The molecule has 0 unspecified atom stereocenters. The Morgan fingerprint density at radius 3 is 2.24 bits per heavy atom. The van der Waals surface area contributed by atoms with Crippen molar-refractivity contribution in [3.8, 4) is 33.6 Å². The zero-order chi connectivity index (χ0) is 20.8. The van der Waals surface area contributed by atoms with Gasteiger partial charge < -0.3 is 23.7 Å². The molecular formula is C21H21NO6S. The Morgan fingerprint density at radius 2 is 1.55 bits per heavy atom. The number of aromatic nitrogens is 1. The SMILES string of the molecule is COc1cc(OC)c(C(=O)OCc2csc(-c3ccccc3OC)n2)cc1OC. The van der Waals surface area contributed by atoms with Gasteiger partial charge in [-0.3, -0.25) is 0 Å². The molecule has 1 heterocycles. The van der Waals surface area contributed by atoms with Crippen LogP contribution in [0, 0.1) is 0 Å². The summed E-state index contributed by atoms with van der Waals surface area (Å²) in [4.78, 5) is 17.1. The van der Waals surface area contributed by atoms with E-state index in [-0.39, 0.29) is 12.2 Å². The minimum absolute atomic E-state index is 0.0297. The van der Waals surface area contributed by atoms with E-state index in [0.717, 1.165) is 16.3 Å². The number of hydrogen-bond acceptors (Lipinski definition) is 8. The minimum atomic E-state index is -0.547. The van der Waals surface area contributed by atoms with Crippen molar-refractivity contribution in [2.75, 3.05) is 28.4 Å². The summed E-state index contributed by atoms with van der Waals surface area (Å²) in [7, 11) is 6.09. The van der Waals surface area contributed by atoms with Crippen LogP contribution in [0.25, 0.3) is 10.6 Å². The Hall–Kier alpha value is -3.26. The molecule has 29 heavy (non-hydrogen) atoms. The molecule has 0 aliphatic carbocycles. The van der Waals surface area contributed by atoms with Gasteiger partial charge in [-0.25, -0.2) is 9.78 Å². The number of carbonyl (C=O) groups excluding carboxylic acids is 1. The molecule has 0 atom stereocenters. The quantitative estimate of drug-likeness (QED) is 0.510. The topological polar surface area (TPSA) is 76.1 Å². The highest BCUT2D eigenvalue weighted by atomic mass is 32.1. The summed E-state index contributed by atoms with van der Waals surface area (Å²) in [6, 6.07) is 10.7. The number of benzene rings is 2. The van der Waals surface area contributed by atoms with Crippen LogP contribution in [0.2, 0.25) is 0 Å². The predicted molar refractivity (Wildman–Crippen MR) is 109 cm³/mol. The Bertz CT molecular complexity index is 1000. The van der Waals surface area contributed by atoms with E-state index in [9.17, 15) is 4.79 Å². The third kappa shape index (κ3) is 4.43. The van der Waals surface area contributed by atoms with E-state index in [4.69, 9.17) is 23.7 Å². The van der Waals surface area contributed by atoms with Crippen LogP contribution in [0.3, 0.4) is 0 Å². The summed E-state index contributed by atoms with van der Waals surface area (Å²) in [6.45, 7) is 0.0297. The number of nitrogens with zero attached hydrogens (tertiary/aromatic N) is 1. The zero-order valence-electron chi connectivity index (χ0n) is 16.6. The molecule has 2 aromatic carbocycles. The lowest BCUT2D eigenvalue weighted by Crippen LogP contribution is -2.08. The second-order valence-electron chi connectivity index (χ2n) is 5.83. The van der Waals surface area contributed by atoms with Crippen molar-refractivity contribution >= 4 is 17.3 Å². The third-order valence-corrected chi connectivity index (χ3v) is 5.09. The molecule has 7 nitrogen and oxygen atoms in total. The molecule has 0 radical (unpaired) electrons. The van der Waals surface area contributed by atoms with Crippen molar-refractivity contribution in [2.45, 2.75) is 6.61 Å². The van der Waals surface area contributed by atoms with E-state index in [1.807, 2.05) is 29.6 Å². The van der Waals surface area contributed by atoms with Crippen LogP contribution < -0.4 is 18.9 Å². The van der Waals surface area contributed by atoms with E-state index in [0.29, 0.717) is 22.9 Å².